The van der Waals surface area contributed by atoms with E-state index in [4.69, 9.17) is 37.9 Å². The van der Waals surface area contributed by atoms with Gasteiger partial charge < -0.3 is 37.9 Å². The van der Waals surface area contributed by atoms with Gasteiger partial charge in [0.1, 0.15) is 13.2 Å². The van der Waals surface area contributed by atoms with Crippen LogP contribution in [0.3, 0.4) is 0 Å². The highest BCUT2D eigenvalue weighted by molar-refractivity contribution is 5.89. The first-order valence-electron chi connectivity index (χ1n) is 11.6. The number of benzene rings is 2. The van der Waals surface area contributed by atoms with Crippen molar-refractivity contribution < 1.29 is 47.5 Å². The summed E-state index contributed by atoms with van der Waals surface area (Å²) in [6.07, 6.45) is 0. The quantitative estimate of drug-likeness (QED) is 0.462. The average Bonchev–Trinajstić information content (AvgIpc) is 3.54. The fourth-order valence-electron chi connectivity index (χ4n) is 3.89. The lowest BCUT2D eigenvalue weighted by molar-refractivity contribution is -0.149. The van der Waals surface area contributed by atoms with E-state index >= 15 is 0 Å². The van der Waals surface area contributed by atoms with Gasteiger partial charge in [0.05, 0.1) is 26.1 Å². The molecule has 0 N–H and O–H groups in total. The lowest BCUT2D eigenvalue weighted by Crippen LogP contribution is -2.13. The van der Waals surface area contributed by atoms with Gasteiger partial charge in [-0.05, 0) is 12.1 Å². The van der Waals surface area contributed by atoms with Crippen molar-refractivity contribution in [3.63, 3.8) is 0 Å². The third kappa shape index (κ3) is 4.67. The number of rotatable bonds is 9. The van der Waals surface area contributed by atoms with E-state index < -0.39 is 0 Å². The summed E-state index contributed by atoms with van der Waals surface area (Å²) in [6, 6.07) is 3.46. The smallest absolute Gasteiger partial charge is 0.308 e. The number of hydrogen-bond donors (Lipinski definition) is 0. The van der Waals surface area contributed by atoms with Gasteiger partial charge in [0.2, 0.25) is 25.1 Å². The van der Waals surface area contributed by atoms with Crippen molar-refractivity contribution in [2.45, 2.75) is 40.9 Å². The van der Waals surface area contributed by atoms with Gasteiger partial charge in [-0.25, -0.2) is 0 Å². The van der Waals surface area contributed by atoms with Gasteiger partial charge in [0.25, 0.3) is 0 Å². The molecule has 4 rings (SSSR count). The summed E-state index contributed by atoms with van der Waals surface area (Å²) in [5.74, 6) is 1.11. The van der Waals surface area contributed by atoms with Crippen LogP contribution in [0.25, 0.3) is 11.1 Å². The van der Waals surface area contributed by atoms with E-state index in [2.05, 4.69) is 0 Å². The summed E-state index contributed by atoms with van der Waals surface area (Å²) in [4.78, 5) is 24.6. The summed E-state index contributed by atoms with van der Waals surface area (Å²) in [5, 5.41) is 0. The Labute approximate surface area is 209 Å². The predicted octanol–water partition coefficient (Wildman–Crippen LogP) is 4.23. The summed E-state index contributed by atoms with van der Waals surface area (Å²) >= 11 is 0. The Kier molecular flexibility index (Phi) is 7.32. The Balaban J connectivity index is 1.93. The second-order valence-corrected chi connectivity index (χ2v) is 8.88. The number of ether oxygens (including phenoxy) is 8. The van der Waals surface area contributed by atoms with E-state index in [1.54, 1.807) is 39.8 Å². The van der Waals surface area contributed by atoms with Crippen molar-refractivity contribution in [2.75, 3.05) is 27.8 Å². The van der Waals surface area contributed by atoms with E-state index in [0.717, 1.165) is 0 Å². The minimum absolute atomic E-state index is 0.0265. The molecule has 2 aliphatic heterocycles. The molecule has 10 nitrogen and oxygen atoms in total. The standard InChI is InChI=1S/C26H30O10/c1-13(2)25(27)31-9-15-7-17(29-5)21-23(35-11-33-21)19(15)20-16(10-32-26(28)14(3)4)8-18(30-6)22-24(20)36-12-34-22/h7-8,13-14H,9-12H2,1-6H3. The molecule has 0 aromatic heterocycles. The molecule has 0 bridgehead atoms. The molecule has 0 aliphatic carbocycles. The average molecular weight is 503 g/mol. The fourth-order valence-corrected chi connectivity index (χ4v) is 3.89. The van der Waals surface area contributed by atoms with Gasteiger partial charge >= 0.3 is 11.9 Å². The largest absolute Gasteiger partial charge is 0.493 e. The van der Waals surface area contributed by atoms with E-state index in [1.807, 2.05) is 0 Å². The Hall–Kier alpha value is -3.82. The normalized spacial score (nSPS) is 13.2. The van der Waals surface area contributed by atoms with Crippen molar-refractivity contribution in [3.8, 4) is 45.6 Å². The molecule has 0 fully saturated rings. The number of carbonyl (C=O) groups excluding carboxylic acids is 2. The van der Waals surface area contributed by atoms with E-state index in [0.29, 0.717) is 56.8 Å². The van der Waals surface area contributed by atoms with Crippen LogP contribution < -0.4 is 28.4 Å². The molecule has 2 aromatic rings. The molecular weight excluding hydrogens is 472 g/mol. The number of methoxy groups -OCH3 is 2. The first-order chi connectivity index (χ1) is 17.3. The molecular formula is C26H30O10. The van der Waals surface area contributed by atoms with E-state index in [1.165, 1.54) is 14.2 Å². The van der Waals surface area contributed by atoms with E-state index in [-0.39, 0.29) is 50.6 Å². The minimum atomic E-state index is -0.358. The van der Waals surface area contributed by atoms with Crippen LogP contribution in [0.2, 0.25) is 0 Å². The van der Waals surface area contributed by atoms with Crippen LogP contribution in [0.1, 0.15) is 38.8 Å². The van der Waals surface area contributed by atoms with Gasteiger partial charge in [-0.1, -0.05) is 27.7 Å². The Morgan fingerprint density at radius 2 is 1.06 bits per heavy atom. The lowest BCUT2D eigenvalue weighted by Gasteiger charge is -2.21. The summed E-state index contributed by atoms with van der Waals surface area (Å²) in [7, 11) is 3.03. The zero-order valence-electron chi connectivity index (χ0n) is 21.2. The minimum Gasteiger partial charge on any atom is -0.493 e. The summed E-state index contributed by atoms with van der Waals surface area (Å²) < 4.78 is 45.3. The maximum Gasteiger partial charge on any atom is 0.308 e. The zero-order valence-corrected chi connectivity index (χ0v) is 21.2. The molecule has 0 atom stereocenters. The molecule has 2 aromatic carbocycles. The molecule has 0 amide bonds. The van der Waals surface area contributed by atoms with Crippen LogP contribution in [0.4, 0.5) is 0 Å². The van der Waals surface area contributed by atoms with Crippen LogP contribution in [0.5, 0.6) is 34.5 Å². The first kappa shape index (κ1) is 25.3. The highest BCUT2D eigenvalue weighted by Crippen LogP contribution is 2.56. The van der Waals surface area contributed by atoms with Crippen LogP contribution >= 0.6 is 0 Å². The summed E-state index contributed by atoms with van der Waals surface area (Å²) in [5.41, 5.74) is 2.29. The lowest BCUT2D eigenvalue weighted by atomic mass is 9.92. The molecule has 2 aliphatic rings. The van der Waals surface area contributed by atoms with Gasteiger partial charge in [0, 0.05) is 22.3 Å². The fraction of sp³-hybridized carbons (Fsp3) is 0.462. The molecule has 0 saturated carbocycles. The van der Waals surface area contributed by atoms with Gasteiger partial charge in [-0.3, -0.25) is 9.59 Å². The van der Waals surface area contributed by atoms with Gasteiger partial charge in [-0.15, -0.1) is 0 Å². The second kappa shape index (κ2) is 10.4. The van der Waals surface area contributed by atoms with E-state index in [9.17, 15) is 9.59 Å². The Bertz CT molecular complexity index is 1080. The number of fused-ring (bicyclic) bond motifs is 2. The number of carbonyl (C=O) groups is 2. The van der Waals surface area contributed by atoms with Crippen LogP contribution in [0, 0.1) is 11.8 Å². The highest BCUT2D eigenvalue weighted by Gasteiger charge is 2.35. The molecule has 10 heteroatoms. The molecule has 0 saturated heterocycles. The topological polar surface area (TPSA) is 108 Å². The SMILES string of the molecule is COc1cc(COC(=O)C(C)C)c(-c2c(COC(=O)C(C)C)cc(OC)c3c2OCO3)c2c1OCO2. The maximum atomic E-state index is 12.3. The number of esters is 2. The van der Waals surface area contributed by atoms with Gasteiger partial charge in [-0.2, -0.15) is 0 Å². The summed E-state index contributed by atoms with van der Waals surface area (Å²) in [6.45, 7) is 6.85. The van der Waals surface area contributed by atoms with Crippen LogP contribution in [-0.4, -0.2) is 39.7 Å². The molecule has 0 radical (unpaired) electrons. The van der Waals surface area contributed by atoms with Crippen LogP contribution in [-0.2, 0) is 32.3 Å². The zero-order chi connectivity index (χ0) is 26.0. The number of hydrogen-bond acceptors (Lipinski definition) is 10. The van der Waals surface area contributed by atoms with Crippen LogP contribution in [0.15, 0.2) is 12.1 Å². The van der Waals surface area contributed by atoms with Crippen molar-refractivity contribution in [1.82, 2.24) is 0 Å². The third-order valence-corrected chi connectivity index (χ3v) is 5.75. The van der Waals surface area contributed by atoms with Crippen molar-refractivity contribution >= 4 is 11.9 Å². The Morgan fingerprint density at radius 1 is 0.694 bits per heavy atom. The van der Waals surface area contributed by atoms with Gasteiger partial charge in [0.15, 0.2) is 23.0 Å². The molecule has 0 unspecified atom stereocenters. The Morgan fingerprint density at radius 3 is 1.39 bits per heavy atom. The highest BCUT2D eigenvalue weighted by atomic mass is 16.7. The van der Waals surface area contributed by atoms with Crippen molar-refractivity contribution in [1.29, 1.82) is 0 Å². The van der Waals surface area contributed by atoms with Crippen molar-refractivity contribution in [3.05, 3.63) is 23.3 Å². The maximum absolute atomic E-state index is 12.3. The molecule has 2 heterocycles. The molecule has 194 valence electrons. The monoisotopic (exact) mass is 502 g/mol. The second-order valence-electron chi connectivity index (χ2n) is 8.88. The molecule has 0 spiro atoms. The molecule has 36 heavy (non-hydrogen) atoms. The van der Waals surface area contributed by atoms with Crippen molar-refractivity contribution in [2.24, 2.45) is 11.8 Å². The third-order valence-electron chi connectivity index (χ3n) is 5.75. The first-order valence-corrected chi connectivity index (χ1v) is 11.6. The predicted molar refractivity (Wildman–Crippen MR) is 126 cm³/mol.